The molecule has 182 valence electrons. The number of alkyl halides is 3. The van der Waals surface area contributed by atoms with Gasteiger partial charge in [0.05, 0.1) is 5.69 Å². The molecule has 2 heterocycles. The first kappa shape index (κ1) is 24.1. The van der Waals surface area contributed by atoms with E-state index in [0.29, 0.717) is 17.5 Å². The molecule has 1 aromatic carbocycles. The molecule has 0 bridgehead atoms. The zero-order chi connectivity index (χ0) is 24.5. The Morgan fingerprint density at radius 2 is 1.74 bits per heavy atom. The fourth-order valence-corrected chi connectivity index (χ4v) is 4.86. The molecular weight excluding hydrogens is 473 g/mol. The Bertz CT molecular complexity index is 1250. The summed E-state index contributed by atoms with van der Waals surface area (Å²) < 4.78 is 66.9. The van der Waals surface area contributed by atoms with Crippen LogP contribution in [0.2, 0.25) is 0 Å². The minimum Gasteiger partial charge on any atom is -0.338 e. The number of rotatable bonds is 6. The summed E-state index contributed by atoms with van der Waals surface area (Å²) in [6.45, 7) is -0.457. The molecule has 1 saturated heterocycles. The highest BCUT2D eigenvalue weighted by Crippen LogP contribution is 2.40. The van der Waals surface area contributed by atoms with Gasteiger partial charge in [0.1, 0.15) is 12.1 Å². The fourth-order valence-electron chi connectivity index (χ4n) is 3.69. The number of hydrogen-bond acceptors (Lipinski definition) is 5. The lowest BCUT2D eigenvalue weighted by Gasteiger charge is -2.33. The van der Waals surface area contributed by atoms with Crippen LogP contribution >= 0.6 is 0 Å². The lowest BCUT2D eigenvalue weighted by atomic mass is 10.2. The second-order valence-electron chi connectivity index (χ2n) is 8.26. The van der Waals surface area contributed by atoms with E-state index >= 15 is 0 Å². The number of sulfonamides is 1. The Labute approximate surface area is 194 Å². The van der Waals surface area contributed by atoms with Gasteiger partial charge in [-0.15, -0.1) is 0 Å². The largest absolute Gasteiger partial charge is 0.421 e. The van der Waals surface area contributed by atoms with Crippen molar-refractivity contribution < 1.29 is 26.4 Å². The maximum Gasteiger partial charge on any atom is 0.421 e. The van der Waals surface area contributed by atoms with Crippen LogP contribution in [0.4, 0.5) is 13.2 Å². The zero-order valence-electron chi connectivity index (χ0n) is 18.1. The molecule has 1 amide bonds. The van der Waals surface area contributed by atoms with Gasteiger partial charge in [-0.3, -0.25) is 9.59 Å². The number of carbonyl (C=O) groups excluding carboxylic acids is 1. The van der Waals surface area contributed by atoms with Crippen LogP contribution in [0, 0.1) is 0 Å². The molecule has 2 aliphatic rings. The summed E-state index contributed by atoms with van der Waals surface area (Å²) in [6.07, 6.45) is -1.99. The van der Waals surface area contributed by atoms with E-state index in [1.54, 1.807) is 24.3 Å². The third kappa shape index (κ3) is 5.55. The van der Waals surface area contributed by atoms with E-state index in [4.69, 9.17) is 0 Å². The van der Waals surface area contributed by atoms with Crippen LogP contribution < -0.4 is 5.56 Å². The SMILES string of the molecule is O=C(Cn1nc(C2CC2)cc(C(F)(F)F)c1=O)N1CCN(S(=O)(=O)/C=C/c2ccccc2)CC1. The van der Waals surface area contributed by atoms with Crippen LogP contribution in [0.25, 0.3) is 6.08 Å². The molecule has 1 saturated carbocycles. The zero-order valence-corrected chi connectivity index (χ0v) is 18.9. The third-order valence-corrected chi connectivity index (χ3v) is 7.33. The van der Waals surface area contributed by atoms with Gasteiger partial charge in [0.25, 0.3) is 5.56 Å². The van der Waals surface area contributed by atoms with Gasteiger partial charge in [0.2, 0.25) is 15.9 Å². The predicted molar refractivity (Wildman–Crippen MR) is 118 cm³/mol. The molecule has 0 N–H and O–H groups in total. The van der Waals surface area contributed by atoms with Crippen molar-refractivity contribution in [2.45, 2.75) is 31.5 Å². The fraction of sp³-hybridized carbons (Fsp3) is 0.409. The number of halogens is 3. The molecule has 0 radical (unpaired) electrons. The van der Waals surface area contributed by atoms with Gasteiger partial charge < -0.3 is 4.90 Å². The van der Waals surface area contributed by atoms with Crippen LogP contribution in [0.3, 0.4) is 0 Å². The van der Waals surface area contributed by atoms with Crippen LogP contribution in [-0.4, -0.2) is 59.5 Å². The Morgan fingerprint density at radius 1 is 1.09 bits per heavy atom. The first-order chi connectivity index (χ1) is 16.0. The van der Waals surface area contributed by atoms with Crippen molar-refractivity contribution >= 4 is 22.0 Å². The van der Waals surface area contributed by atoms with Crippen LogP contribution in [0.15, 0.2) is 46.6 Å². The number of aromatic nitrogens is 2. The average molecular weight is 497 g/mol. The van der Waals surface area contributed by atoms with Crippen LogP contribution in [0.5, 0.6) is 0 Å². The molecule has 1 aromatic heterocycles. The third-order valence-electron chi connectivity index (χ3n) is 5.76. The van der Waals surface area contributed by atoms with Gasteiger partial charge >= 0.3 is 6.18 Å². The van der Waals surface area contributed by atoms with Crippen molar-refractivity contribution in [3.05, 3.63) is 69.0 Å². The van der Waals surface area contributed by atoms with E-state index in [9.17, 15) is 31.2 Å². The Hall–Kier alpha value is -2.99. The van der Waals surface area contributed by atoms with Crippen molar-refractivity contribution in [3.63, 3.8) is 0 Å². The van der Waals surface area contributed by atoms with Gasteiger partial charge in [0.15, 0.2) is 0 Å². The van der Waals surface area contributed by atoms with E-state index < -0.39 is 39.8 Å². The lowest BCUT2D eigenvalue weighted by molar-refractivity contribution is -0.140. The lowest BCUT2D eigenvalue weighted by Crippen LogP contribution is -2.51. The van der Waals surface area contributed by atoms with Crippen molar-refractivity contribution in [3.8, 4) is 0 Å². The van der Waals surface area contributed by atoms with Gasteiger partial charge in [-0.25, -0.2) is 13.1 Å². The first-order valence-corrected chi connectivity index (χ1v) is 12.3. The smallest absolute Gasteiger partial charge is 0.338 e. The molecule has 8 nitrogen and oxygen atoms in total. The van der Waals surface area contributed by atoms with E-state index in [0.717, 1.165) is 17.0 Å². The molecule has 0 atom stereocenters. The summed E-state index contributed by atoms with van der Waals surface area (Å²) in [6, 6.07) is 9.69. The predicted octanol–water partition coefficient (Wildman–Crippen LogP) is 2.28. The van der Waals surface area contributed by atoms with Crippen LogP contribution in [-0.2, 0) is 27.5 Å². The Kier molecular flexibility index (Phi) is 6.63. The highest BCUT2D eigenvalue weighted by Gasteiger charge is 2.38. The molecule has 2 fully saturated rings. The van der Waals surface area contributed by atoms with E-state index in [1.165, 1.54) is 15.3 Å². The van der Waals surface area contributed by atoms with E-state index in [-0.39, 0.29) is 37.8 Å². The topological polar surface area (TPSA) is 92.6 Å². The van der Waals surface area contributed by atoms with Gasteiger partial charge in [-0.2, -0.15) is 22.6 Å². The summed E-state index contributed by atoms with van der Waals surface area (Å²) in [4.78, 5) is 26.4. The standard InChI is InChI=1S/C22H23F3N4O4S/c23-22(24,25)18-14-19(17-6-7-17)26-29(21(18)31)15-20(30)27-9-11-28(12-10-27)34(32,33)13-8-16-4-2-1-3-5-16/h1-5,8,13-14,17H,6-7,9-12,15H2/b13-8+. The summed E-state index contributed by atoms with van der Waals surface area (Å²) in [5, 5.41) is 5.09. The number of piperazine rings is 1. The monoisotopic (exact) mass is 496 g/mol. The number of amides is 1. The Morgan fingerprint density at radius 3 is 2.32 bits per heavy atom. The summed E-state index contributed by atoms with van der Waals surface area (Å²) >= 11 is 0. The van der Waals surface area contributed by atoms with Crippen molar-refractivity contribution in [1.82, 2.24) is 19.0 Å². The molecule has 4 rings (SSSR count). The van der Waals surface area contributed by atoms with Crippen molar-refractivity contribution in [2.75, 3.05) is 26.2 Å². The maximum atomic E-state index is 13.3. The van der Waals surface area contributed by atoms with Crippen LogP contribution in [0.1, 0.15) is 35.6 Å². The molecule has 2 aromatic rings. The first-order valence-electron chi connectivity index (χ1n) is 10.7. The van der Waals surface area contributed by atoms with E-state index in [1.807, 2.05) is 6.07 Å². The normalized spacial score (nSPS) is 17.9. The number of nitrogens with zero attached hydrogens (tertiary/aromatic N) is 4. The molecule has 0 spiro atoms. The van der Waals surface area contributed by atoms with Gasteiger partial charge in [-0.1, -0.05) is 30.3 Å². The summed E-state index contributed by atoms with van der Waals surface area (Å²) in [5.74, 6) is -0.728. The quantitative estimate of drug-likeness (QED) is 0.612. The number of carbonyl (C=O) groups is 1. The number of benzene rings is 1. The molecule has 0 unspecified atom stereocenters. The summed E-state index contributed by atoms with van der Waals surface area (Å²) in [7, 11) is -3.70. The van der Waals surface area contributed by atoms with E-state index in [2.05, 4.69) is 5.10 Å². The molecule has 1 aliphatic heterocycles. The number of hydrogen-bond donors (Lipinski definition) is 0. The molecule has 34 heavy (non-hydrogen) atoms. The minimum absolute atomic E-state index is 0.0332. The Balaban J connectivity index is 1.42. The highest BCUT2D eigenvalue weighted by atomic mass is 32.2. The van der Waals surface area contributed by atoms with Gasteiger partial charge in [-0.05, 0) is 30.5 Å². The second-order valence-corrected chi connectivity index (χ2v) is 10.1. The minimum atomic E-state index is -4.85. The van der Waals surface area contributed by atoms with Crippen molar-refractivity contribution in [2.24, 2.45) is 0 Å². The molecule has 1 aliphatic carbocycles. The highest BCUT2D eigenvalue weighted by molar-refractivity contribution is 7.92. The maximum absolute atomic E-state index is 13.3. The average Bonchev–Trinajstić information content (AvgIpc) is 3.65. The van der Waals surface area contributed by atoms with Crippen molar-refractivity contribution in [1.29, 1.82) is 0 Å². The molecular formula is C22H23F3N4O4S. The van der Waals surface area contributed by atoms with Gasteiger partial charge in [0, 0.05) is 37.5 Å². The summed E-state index contributed by atoms with van der Waals surface area (Å²) in [5.41, 5.74) is -1.82. The molecule has 12 heteroatoms. The second kappa shape index (κ2) is 9.34.